The van der Waals surface area contributed by atoms with E-state index in [9.17, 15) is 14.0 Å². The van der Waals surface area contributed by atoms with Crippen LogP contribution in [0.4, 0.5) is 15.8 Å². The minimum absolute atomic E-state index is 0.0284. The minimum atomic E-state index is -0.671. The van der Waals surface area contributed by atoms with Gasteiger partial charge in [0.2, 0.25) is 5.91 Å². The fourth-order valence-corrected chi connectivity index (χ4v) is 4.12. The molecule has 1 spiro atoms. The Labute approximate surface area is 149 Å². The number of benzene rings is 2. The number of anilines is 2. The number of nitrogens with one attached hydrogen (secondary N) is 2. The second-order valence-corrected chi connectivity index (χ2v) is 6.96. The van der Waals surface area contributed by atoms with Gasteiger partial charge in [-0.1, -0.05) is 30.5 Å². The van der Waals surface area contributed by atoms with E-state index in [0.717, 1.165) is 36.9 Å². The number of hydrogen-bond donors (Lipinski definition) is 2. The van der Waals surface area contributed by atoms with Crippen molar-refractivity contribution in [1.29, 1.82) is 0 Å². The number of fused-ring (bicyclic) bond motifs is 2. The lowest BCUT2D eigenvalue weighted by Crippen LogP contribution is -2.31. The maximum Gasteiger partial charge on any atom is 0.260 e. The molecule has 0 aromatic heterocycles. The van der Waals surface area contributed by atoms with E-state index in [2.05, 4.69) is 10.6 Å². The van der Waals surface area contributed by atoms with Gasteiger partial charge in [-0.3, -0.25) is 9.59 Å². The van der Waals surface area contributed by atoms with Crippen LogP contribution in [0.3, 0.4) is 0 Å². The molecule has 2 aromatic rings. The van der Waals surface area contributed by atoms with Crippen molar-refractivity contribution in [2.75, 3.05) is 10.6 Å². The molecule has 25 heavy (non-hydrogen) atoms. The number of hydrogen-bond acceptors (Lipinski definition) is 2. The maximum atomic E-state index is 13.9. The van der Waals surface area contributed by atoms with Gasteiger partial charge in [-0.15, -0.1) is 0 Å². The van der Waals surface area contributed by atoms with Crippen LogP contribution in [0.2, 0.25) is 5.02 Å². The summed E-state index contributed by atoms with van der Waals surface area (Å²) in [6.45, 7) is 0. The molecule has 4 rings (SSSR count). The SMILES string of the molecule is O=C(Nc1ccc2c(c1)C1(CCCC1)C(=O)N2)c1c(F)cccc1Cl. The van der Waals surface area contributed by atoms with Crippen molar-refractivity contribution in [3.63, 3.8) is 0 Å². The summed E-state index contributed by atoms with van der Waals surface area (Å²) in [7, 11) is 0. The molecular weight excluding hydrogens is 343 g/mol. The van der Waals surface area contributed by atoms with Crippen molar-refractivity contribution < 1.29 is 14.0 Å². The maximum absolute atomic E-state index is 13.9. The van der Waals surface area contributed by atoms with E-state index in [1.54, 1.807) is 12.1 Å². The van der Waals surface area contributed by atoms with Crippen LogP contribution in [-0.2, 0) is 10.2 Å². The van der Waals surface area contributed by atoms with E-state index < -0.39 is 17.1 Å². The highest BCUT2D eigenvalue weighted by Crippen LogP contribution is 2.49. The molecule has 0 radical (unpaired) electrons. The highest BCUT2D eigenvalue weighted by molar-refractivity contribution is 6.34. The van der Waals surface area contributed by atoms with Gasteiger partial charge in [-0.2, -0.15) is 0 Å². The van der Waals surface area contributed by atoms with Gasteiger partial charge in [0.1, 0.15) is 5.82 Å². The first kappa shape index (κ1) is 16.1. The Kier molecular flexibility index (Phi) is 3.76. The first-order chi connectivity index (χ1) is 12.0. The van der Waals surface area contributed by atoms with Crippen LogP contribution in [0.1, 0.15) is 41.6 Å². The molecule has 1 aliphatic carbocycles. The zero-order valence-corrected chi connectivity index (χ0v) is 14.1. The van der Waals surface area contributed by atoms with Gasteiger partial charge < -0.3 is 10.6 Å². The Hall–Kier alpha value is -2.40. The lowest BCUT2D eigenvalue weighted by molar-refractivity contribution is -0.120. The molecule has 2 aromatic carbocycles. The van der Waals surface area contributed by atoms with Crippen molar-refractivity contribution in [2.24, 2.45) is 0 Å². The molecule has 0 atom stereocenters. The largest absolute Gasteiger partial charge is 0.325 e. The molecule has 0 unspecified atom stereocenters. The standard InChI is InChI=1S/C19H16ClFN2O2/c20-13-4-3-5-14(21)16(13)17(24)22-11-6-7-15-12(10-11)19(18(25)23-15)8-1-2-9-19/h3-7,10H,1-2,8-9H2,(H,22,24)(H,23,25). The fourth-order valence-electron chi connectivity index (χ4n) is 3.87. The zero-order chi connectivity index (χ0) is 17.6. The highest BCUT2D eigenvalue weighted by Gasteiger charge is 2.48. The molecule has 2 aliphatic rings. The summed E-state index contributed by atoms with van der Waals surface area (Å²) in [6.07, 6.45) is 3.63. The van der Waals surface area contributed by atoms with E-state index in [0.29, 0.717) is 5.69 Å². The monoisotopic (exact) mass is 358 g/mol. The molecule has 2 N–H and O–H groups in total. The summed E-state index contributed by atoms with van der Waals surface area (Å²) in [4.78, 5) is 24.8. The van der Waals surface area contributed by atoms with Crippen molar-refractivity contribution >= 4 is 34.8 Å². The highest BCUT2D eigenvalue weighted by atomic mass is 35.5. The van der Waals surface area contributed by atoms with E-state index in [-0.39, 0.29) is 16.5 Å². The van der Waals surface area contributed by atoms with Gasteiger partial charge in [0.25, 0.3) is 5.91 Å². The van der Waals surface area contributed by atoms with Crippen LogP contribution in [-0.4, -0.2) is 11.8 Å². The molecule has 4 nitrogen and oxygen atoms in total. The van der Waals surface area contributed by atoms with Crippen molar-refractivity contribution in [1.82, 2.24) is 0 Å². The summed E-state index contributed by atoms with van der Waals surface area (Å²) in [5, 5.41) is 5.67. The predicted octanol–water partition coefficient (Wildman–Crippen LogP) is 4.50. The normalized spacial score (nSPS) is 17.4. The molecule has 0 saturated heterocycles. The van der Waals surface area contributed by atoms with Gasteiger partial charge in [0, 0.05) is 11.4 Å². The molecule has 6 heteroatoms. The summed E-state index contributed by atoms with van der Waals surface area (Å²) < 4.78 is 13.9. The lowest BCUT2D eigenvalue weighted by atomic mass is 9.80. The summed E-state index contributed by atoms with van der Waals surface area (Å²) in [5.41, 5.74) is 1.53. The van der Waals surface area contributed by atoms with Crippen molar-refractivity contribution in [2.45, 2.75) is 31.1 Å². The molecule has 128 valence electrons. The van der Waals surface area contributed by atoms with Gasteiger partial charge in [0.15, 0.2) is 0 Å². The Morgan fingerprint density at radius 2 is 1.96 bits per heavy atom. The van der Waals surface area contributed by atoms with Crippen LogP contribution in [0, 0.1) is 5.82 Å². The number of halogens is 2. The van der Waals surface area contributed by atoms with Gasteiger partial charge in [-0.05, 0) is 48.7 Å². The molecular formula is C19H16ClFN2O2. The van der Waals surface area contributed by atoms with Crippen LogP contribution >= 0.6 is 11.6 Å². The minimum Gasteiger partial charge on any atom is -0.325 e. The zero-order valence-electron chi connectivity index (χ0n) is 13.4. The smallest absolute Gasteiger partial charge is 0.260 e. The summed E-state index contributed by atoms with van der Waals surface area (Å²) >= 11 is 5.95. The average Bonchev–Trinajstić information content (AvgIpc) is 3.16. The topological polar surface area (TPSA) is 58.2 Å². The van der Waals surface area contributed by atoms with E-state index in [4.69, 9.17) is 11.6 Å². The Morgan fingerprint density at radius 3 is 2.68 bits per heavy atom. The third-order valence-electron chi connectivity index (χ3n) is 5.12. The number of carbonyl (C=O) groups is 2. The second-order valence-electron chi connectivity index (χ2n) is 6.55. The number of amides is 2. The fraction of sp³-hybridized carbons (Fsp3) is 0.263. The van der Waals surface area contributed by atoms with E-state index >= 15 is 0 Å². The summed E-state index contributed by atoms with van der Waals surface area (Å²) in [6, 6.07) is 9.40. The Balaban J connectivity index is 1.67. The molecule has 1 heterocycles. The first-order valence-electron chi connectivity index (χ1n) is 8.23. The van der Waals surface area contributed by atoms with Crippen LogP contribution < -0.4 is 10.6 Å². The second kappa shape index (κ2) is 5.85. The number of carbonyl (C=O) groups excluding carboxylic acids is 2. The molecule has 1 saturated carbocycles. The van der Waals surface area contributed by atoms with Crippen LogP contribution in [0.5, 0.6) is 0 Å². The lowest BCUT2D eigenvalue weighted by Gasteiger charge is -2.21. The van der Waals surface area contributed by atoms with Crippen LogP contribution in [0.25, 0.3) is 0 Å². The molecule has 1 fully saturated rings. The Morgan fingerprint density at radius 1 is 1.20 bits per heavy atom. The first-order valence-corrected chi connectivity index (χ1v) is 8.60. The molecule has 2 amide bonds. The van der Waals surface area contributed by atoms with Crippen molar-refractivity contribution in [3.05, 3.63) is 58.4 Å². The quantitative estimate of drug-likeness (QED) is 0.830. The number of rotatable bonds is 2. The predicted molar refractivity (Wildman–Crippen MR) is 94.6 cm³/mol. The third kappa shape index (κ3) is 2.50. The average molecular weight is 359 g/mol. The molecule has 1 aliphatic heterocycles. The third-order valence-corrected chi connectivity index (χ3v) is 5.44. The molecule has 0 bridgehead atoms. The van der Waals surface area contributed by atoms with Crippen LogP contribution in [0.15, 0.2) is 36.4 Å². The van der Waals surface area contributed by atoms with Gasteiger partial charge in [0.05, 0.1) is 16.0 Å². The van der Waals surface area contributed by atoms with E-state index in [1.807, 2.05) is 6.07 Å². The van der Waals surface area contributed by atoms with Gasteiger partial charge >= 0.3 is 0 Å². The van der Waals surface area contributed by atoms with Gasteiger partial charge in [-0.25, -0.2) is 4.39 Å². The van der Waals surface area contributed by atoms with Crippen molar-refractivity contribution in [3.8, 4) is 0 Å². The summed E-state index contributed by atoms with van der Waals surface area (Å²) in [5.74, 6) is -1.25. The Bertz CT molecular complexity index is 871. The van der Waals surface area contributed by atoms with E-state index in [1.165, 1.54) is 18.2 Å².